The second kappa shape index (κ2) is 7.38. The minimum absolute atomic E-state index is 0.0663. The zero-order valence-corrected chi connectivity index (χ0v) is 15.2. The van der Waals surface area contributed by atoms with Crippen LogP contribution in [-0.4, -0.2) is 30.6 Å². The average Bonchev–Trinajstić information content (AvgIpc) is 3.42. The Morgan fingerprint density at radius 3 is 2.38 bits per heavy atom. The van der Waals surface area contributed by atoms with Gasteiger partial charge in [-0.05, 0) is 55.2 Å². The molecular formula is C20H20ClNO4. The second-order valence-electron chi connectivity index (χ2n) is 6.59. The van der Waals surface area contributed by atoms with Crippen molar-refractivity contribution in [3.8, 4) is 5.75 Å². The highest BCUT2D eigenvalue weighted by atomic mass is 35.5. The van der Waals surface area contributed by atoms with Gasteiger partial charge in [0.25, 0.3) is 0 Å². The van der Waals surface area contributed by atoms with Gasteiger partial charge in [0.05, 0.1) is 5.41 Å². The molecule has 3 rings (SSSR count). The lowest BCUT2D eigenvalue weighted by atomic mass is 9.94. The number of nitrogens with zero attached hydrogens (tertiary/aromatic N) is 1. The van der Waals surface area contributed by atoms with Gasteiger partial charge >= 0.3 is 5.97 Å². The molecule has 0 radical (unpaired) electrons. The largest absolute Gasteiger partial charge is 0.482 e. The van der Waals surface area contributed by atoms with Crippen molar-refractivity contribution in [2.45, 2.75) is 19.3 Å². The Bertz CT molecular complexity index is 815. The molecule has 1 fully saturated rings. The number of hydrogen-bond acceptors (Lipinski definition) is 3. The number of amides is 1. The standard InChI is InChI=1S/C20H20ClNO4/c1-22(15-6-8-16(9-7-15)26-13-18(23)24)19(25)20(10-11-20)12-14-4-2-3-5-17(14)21/h2-9H,10-13H2,1H3,(H,23,24). The smallest absolute Gasteiger partial charge is 0.341 e. The summed E-state index contributed by atoms with van der Waals surface area (Å²) in [6, 6.07) is 14.4. The van der Waals surface area contributed by atoms with Crippen LogP contribution >= 0.6 is 11.6 Å². The zero-order chi connectivity index (χ0) is 18.7. The van der Waals surface area contributed by atoms with E-state index in [1.54, 1.807) is 36.2 Å². The van der Waals surface area contributed by atoms with Gasteiger partial charge in [-0.3, -0.25) is 4.79 Å². The number of carbonyl (C=O) groups is 2. The Kier molecular flexibility index (Phi) is 5.18. The van der Waals surface area contributed by atoms with Crippen molar-refractivity contribution < 1.29 is 19.4 Å². The molecular weight excluding hydrogens is 354 g/mol. The fraction of sp³-hybridized carbons (Fsp3) is 0.300. The molecule has 1 amide bonds. The molecule has 136 valence electrons. The normalized spacial score (nSPS) is 14.5. The summed E-state index contributed by atoms with van der Waals surface area (Å²) in [4.78, 5) is 25.2. The minimum Gasteiger partial charge on any atom is -0.482 e. The summed E-state index contributed by atoms with van der Waals surface area (Å²) in [6.07, 6.45) is 2.33. The molecule has 2 aromatic carbocycles. The predicted molar refractivity (Wildman–Crippen MR) is 99.8 cm³/mol. The number of anilines is 1. The molecule has 1 N–H and O–H groups in total. The minimum atomic E-state index is -1.03. The third-order valence-corrected chi connectivity index (χ3v) is 5.05. The summed E-state index contributed by atoms with van der Waals surface area (Å²) in [5.74, 6) is -0.512. The molecule has 2 aromatic rings. The predicted octanol–water partition coefficient (Wildman–Crippen LogP) is 3.79. The Labute approximate surface area is 157 Å². The van der Waals surface area contributed by atoms with Crippen LogP contribution in [0.25, 0.3) is 0 Å². The van der Waals surface area contributed by atoms with E-state index in [0.717, 1.165) is 24.1 Å². The highest BCUT2D eigenvalue weighted by molar-refractivity contribution is 6.31. The Morgan fingerprint density at radius 2 is 1.81 bits per heavy atom. The molecule has 0 bridgehead atoms. The number of benzene rings is 2. The van der Waals surface area contributed by atoms with E-state index in [4.69, 9.17) is 21.4 Å². The molecule has 6 heteroatoms. The maximum Gasteiger partial charge on any atom is 0.341 e. The van der Waals surface area contributed by atoms with Gasteiger partial charge in [-0.25, -0.2) is 4.79 Å². The number of carboxylic acids is 1. The molecule has 1 aliphatic rings. The van der Waals surface area contributed by atoms with Crippen LogP contribution in [0.3, 0.4) is 0 Å². The van der Waals surface area contributed by atoms with Crippen molar-refractivity contribution in [2.75, 3.05) is 18.6 Å². The van der Waals surface area contributed by atoms with Crippen LogP contribution in [0.4, 0.5) is 5.69 Å². The fourth-order valence-electron chi connectivity index (χ4n) is 3.01. The van der Waals surface area contributed by atoms with Gasteiger partial charge in [-0.1, -0.05) is 29.8 Å². The monoisotopic (exact) mass is 373 g/mol. The molecule has 0 atom stereocenters. The van der Waals surface area contributed by atoms with Crippen LogP contribution in [0.5, 0.6) is 5.75 Å². The van der Waals surface area contributed by atoms with E-state index < -0.39 is 18.0 Å². The van der Waals surface area contributed by atoms with Gasteiger partial charge in [0, 0.05) is 17.8 Å². The quantitative estimate of drug-likeness (QED) is 0.801. The van der Waals surface area contributed by atoms with E-state index in [9.17, 15) is 9.59 Å². The van der Waals surface area contributed by atoms with Crippen LogP contribution in [-0.2, 0) is 16.0 Å². The lowest BCUT2D eigenvalue weighted by Gasteiger charge is -2.24. The third kappa shape index (κ3) is 3.99. The molecule has 0 aliphatic heterocycles. The van der Waals surface area contributed by atoms with Crippen molar-refractivity contribution >= 4 is 29.2 Å². The van der Waals surface area contributed by atoms with Crippen molar-refractivity contribution in [3.63, 3.8) is 0 Å². The van der Waals surface area contributed by atoms with Crippen LogP contribution in [0.15, 0.2) is 48.5 Å². The summed E-state index contributed by atoms with van der Waals surface area (Å²) in [5.41, 5.74) is 1.34. The van der Waals surface area contributed by atoms with E-state index >= 15 is 0 Å². The summed E-state index contributed by atoms with van der Waals surface area (Å²) < 4.78 is 5.12. The topological polar surface area (TPSA) is 66.8 Å². The number of halogens is 1. The average molecular weight is 374 g/mol. The van der Waals surface area contributed by atoms with Crippen molar-refractivity contribution in [2.24, 2.45) is 5.41 Å². The summed E-state index contributed by atoms with van der Waals surface area (Å²) in [5, 5.41) is 9.33. The molecule has 0 saturated heterocycles. The zero-order valence-electron chi connectivity index (χ0n) is 14.4. The second-order valence-corrected chi connectivity index (χ2v) is 7.00. The number of rotatable bonds is 7. The molecule has 26 heavy (non-hydrogen) atoms. The Morgan fingerprint density at radius 1 is 1.15 bits per heavy atom. The maximum absolute atomic E-state index is 13.0. The third-order valence-electron chi connectivity index (χ3n) is 4.68. The molecule has 0 unspecified atom stereocenters. The van der Waals surface area contributed by atoms with Gasteiger partial charge in [-0.2, -0.15) is 0 Å². The molecule has 0 heterocycles. The SMILES string of the molecule is CN(C(=O)C1(Cc2ccccc2Cl)CC1)c1ccc(OCC(=O)O)cc1. The molecule has 1 aliphatic carbocycles. The lowest BCUT2D eigenvalue weighted by molar-refractivity contribution is -0.139. The number of carbonyl (C=O) groups excluding carboxylic acids is 1. The van der Waals surface area contributed by atoms with Crippen molar-refractivity contribution in [1.29, 1.82) is 0 Å². The number of ether oxygens (including phenoxy) is 1. The molecule has 1 saturated carbocycles. The number of hydrogen-bond donors (Lipinski definition) is 1. The first-order valence-electron chi connectivity index (χ1n) is 8.37. The number of carboxylic acid groups (broad SMARTS) is 1. The molecule has 0 spiro atoms. The summed E-state index contributed by atoms with van der Waals surface area (Å²) in [6.45, 7) is -0.394. The van der Waals surface area contributed by atoms with Crippen LogP contribution in [0.1, 0.15) is 18.4 Å². The van der Waals surface area contributed by atoms with E-state index in [1.165, 1.54) is 0 Å². The van der Waals surface area contributed by atoms with Crippen LogP contribution < -0.4 is 9.64 Å². The first kappa shape index (κ1) is 18.3. The van der Waals surface area contributed by atoms with Gasteiger partial charge in [-0.15, -0.1) is 0 Å². The van der Waals surface area contributed by atoms with Gasteiger partial charge in [0.1, 0.15) is 5.75 Å². The summed E-state index contributed by atoms with van der Waals surface area (Å²) in [7, 11) is 1.75. The van der Waals surface area contributed by atoms with Crippen LogP contribution in [0.2, 0.25) is 5.02 Å². The van der Waals surface area contributed by atoms with E-state index in [-0.39, 0.29) is 5.91 Å². The fourth-order valence-corrected chi connectivity index (χ4v) is 3.21. The van der Waals surface area contributed by atoms with Crippen molar-refractivity contribution in [1.82, 2.24) is 0 Å². The van der Waals surface area contributed by atoms with Gasteiger partial charge < -0.3 is 14.7 Å². The highest BCUT2D eigenvalue weighted by Gasteiger charge is 2.51. The van der Waals surface area contributed by atoms with E-state index in [2.05, 4.69) is 0 Å². The Hall–Kier alpha value is -2.53. The van der Waals surface area contributed by atoms with Gasteiger partial charge in [0.2, 0.25) is 5.91 Å². The van der Waals surface area contributed by atoms with Crippen LogP contribution in [0, 0.1) is 5.41 Å². The first-order valence-corrected chi connectivity index (χ1v) is 8.75. The summed E-state index contributed by atoms with van der Waals surface area (Å²) >= 11 is 6.25. The maximum atomic E-state index is 13.0. The molecule has 5 nitrogen and oxygen atoms in total. The van der Waals surface area contributed by atoms with E-state index in [0.29, 0.717) is 17.2 Å². The van der Waals surface area contributed by atoms with Gasteiger partial charge in [0.15, 0.2) is 6.61 Å². The first-order chi connectivity index (χ1) is 12.4. The molecule has 0 aromatic heterocycles. The van der Waals surface area contributed by atoms with Crippen molar-refractivity contribution in [3.05, 3.63) is 59.1 Å². The lowest BCUT2D eigenvalue weighted by Crippen LogP contribution is -2.35. The number of aliphatic carboxylic acids is 1. The Balaban J connectivity index is 1.69. The van der Waals surface area contributed by atoms with E-state index in [1.807, 2.05) is 24.3 Å². The highest BCUT2D eigenvalue weighted by Crippen LogP contribution is 2.50.